The molecular weight excluding hydrogens is 310 g/mol. The second kappa shape index (κ2) is 8.11. The van der Waals surface area contributed by atoms with Crippen LogP contribution in [0.1, 0.15) is 42.5 Å². The molecule has 3 heterocycles. The number of rotatable bonds is 5. The maximum Gasteiger partial charge on any atom is 0.317 e. The van der Waals surface area contributed by atoms with Gasteiger partial charge in [0.05, 0.1) is 11.1 Å². The first-order chi connectivity index (χ1) is 11.3. The van der Waals surface area contributed by atoms with Crippen molar-refractivity contribution in [2.45, 2.75) is 51.6 Å². The van der Waals surface area contributed by atoms with E-state index in [1.165, 1.54) is 17.7 Å². The molecule has 6 heteroatoms. The Morgan fingerprint density at radius 3 is 2.91 bits per heavy atom. The van der Waals surface area contributed by atoms with Gasteiger partial charge in [0.25, 0.3) is 0 Å². The number of carbonyl (C=O) groups is 1. The smallest absolute Gasteiger partial charge is 0.317 e. The third-order valence-electron chi connectivity index (χ3n) is 4.88. The minimum Gasteiger partial charge on any atom is -0.378 e. The lowest BCUT2D eigenvalue weighted by molar-refractivity contribution is 0.0373. The summed E-state index contributed by atoms with van der Waals surface area (Å²) in [5.74, 6) is 0.643. The van der Waals surface area contributed by atoms with E-state index >= 15 is 0 Å². The normalized spacial score (nSPS) is 22.5. The van der Waals surface area contributed by atoms with Gasteiger partial charge >= 0.3 is 6.03 Å². The van der Waals surface area contributed by atoms with Gasteiger partial charge in [-0.25, -0.2) is 9.78 Å². The molecule has 5 nitrogen and oxygen atoms in total. The van der Waals surface area contributed by atoms with Gasteiger partial charge in [-0.1, -0.05) is 6.92 Å². The van der Waals surface area contributed by atoms with Gasteiger partial charge in [-0.15, -0.1) is 11.3 Å². The first-order valence-electron chi connectivity index (χ1n) is 8.84. The number of urea groups is 1. The highest BCUT2D eigenvalue weighted by atomic mass is 32.1. The zero-order chi connectivity index (χ0) is 16.1. The molecule has 0 bridgehead atoms. The number of hydrogen-bond acceptors (Lipinski definition) is 4. The van der Waals surface area contributed by atoms with Gasteiger partial charge in [-0.3, -0.25) is 0 Å². The Morgan fingerprint density at radius 1 is 1.43 bits per heavy atom. The third kappa shape index (κ3) is 4.44. The molecule has 0 radical (unpaired) electrons. The first-order valence-corrected chi connectivity index (χ1v) is 9.66. The molecule has 2 saturated heterocycles. The number of nitrogens with one attached hydrogen (secondary N) is 1. The molecule has 0 saturated carbocycles. The van der Waals surface area contributed by atoms with Crippen LogP contribution < -0.4 is 5.32 Å². The Bertz CT molecular complexity index is 506. The zero-order valence-electron chi connectivity index (χ0n) is 13.9. The van der Waals surface area contributed by atoms with Crippen LogP contribution in [0.4, 0.5) is 4.79 Å². The van der Waals surface area contributed by atoms with Crippen molar-refractivity contribution in [2.24, 2.45) is 5.92 Å². The SMILES string of the molecule is CCc1cnc(CCNC(=O)N2CCC(C3CCCO3)CC2)s1. The molecule has 1 aromatic heterocycles. The number of piperidine rings is 1. The highest BCUT2D eigenvalue weighted by molar-refractivity contribution is 7.11. The van der Waals surface area contributed by atoms with E-state index in [4.69, 9.17) is 4.74 Å². The van der Waals surface area contributed by atoms with Crippen molar-refractivity contribution in [1.29, 1.82) is 0 Å². The summed E-state index contributed by atoms with van der Waals surface area (Å²) < 4.78 is 5.79. The topological polar surface area (TPSA) is 54.5 Å². The van der Waals surface area contributed by atoms with Crippen LogP contribution in [0.2, 0.25) is 0 Å². The molecule has 1 atom stereocenters. The molecule has 2 amide bonds. The van der Waals surface area contributed by atoms with Gasteiger partial charge in [0, 0.05) is 43.7 Å². The fraction of sp³-hybridized carbons (Fsp3) is 0.765. The van der Waals surface area contributed by atoms with Crippen LogP contribution in [0.25, 0.3) is 0 Å². The van der Waals surface area contributed by atoms with E-state index in [1.807, 2.05) is 11.1 Å². The molecule has 0 aliphatic carbocycles. The summed E-state index contributed by atoms with van der Waals surface area (Å²) in [5, 5.41) is 4.15. The van der Waals surface area contributed by atoms with Gasteiger partial charge in [0.1, 0.15) is 0 Å². The molecule has 1 N–H and O–H groups in total. The van der Waals surface area contributed by atoms with Crippen molar-refractivity contribution >= 4 is 17.4 Å². The molecule has 23 heavy (non-hydrogen) atoms. The van der Waals surface area contributed by atoms with E-state index in [0.717, 1.165) is 50.4 Å². The molecule has 3 rings (SSSR count). The summed E-state index contributed by atoms with van der Waals surface area (Å²) in [5.41, 5.74) is 0. The highest BCUT2D eigenvalue weighted by Crippen LogP contribution is 2.28. The quantitative estimate of drug-likeness (QED) is 0.899. The Kier molecular flexibility index (Phi) is 5.89. The van der Waals surface area contributed by atoms with Crippen molar-refractivity contribution in [2.75, 3.05) is 26.2 Å². The Balaban J connectivity index is 1.36. The third-order valence-corrected chi connectivity index (χ3v) is 6.08. The van der Waals surface area contributed by atoms with Crippen molar-refractivity contribution in [3.8, 4) is 0 Å². The standard InChI is InChI=1S/C17H27N3O2S/c1-2-14-12-19-16(23-14)5-8-18-17(21)20-9-6-13(7-10-20)15-4-3-11-22-15/h12-13,15H,2-11H2,1H3,(H,18,21). The number of ether oxygens (including phenoxy) is 1. The second-order valence-electron chi connectivity index (χ2n) is 6.43. The summed E-state index contributed by atoms with van der Waals surface area (Å²) in [6, 6.07) is 0.0723. The fourth-order valence-corrected chi connectivity index (χ4v) is 4.33. The molecular formula is C17H27N3O2S. The van der Waals surface area contributed by atoms with Crippen LogP contribution in [-0.2, 0) is 17.6 Å². The lowest BCUT2D eigenvalue weighted by atomic mass is 9.90. The maximum atomic E-state index is 12.2. The maximum absolute atomic E-state index is 12.2. The van der Waals surface area contributed by atoms with Crippen LogP contribution >= 0.6 is 11.3 Å². The largest absolute Gasteiger partial charge is 0.378 e. The average molecular weight is 337 g/mol. The molecule has 1 aromatic rings. The minimum atomic E-state index is 0.0723. The first kappa shape index (κ1) is 16.7. The van der Waals surface area contributed by atoms with E-state index in [2.05, 4.69) is 17.2 Å². The van der Waals surface area contributed by atoms with Gasteiger partial charge in [0.15, 0.2) is 0 Å². The Labute approximate surface area is 142 Å². The fourth-order valence-electron chi connectivity index (χ4n) is 3.46. The van der Waals surface area contributed by atoms with Gasteiger partial charge in [-0.05, 0) is 38.0 Å². The number of thiazole rings is 1. The van der Waals surface area contributed by atoms with E-state index < -0.39 is 0 Å². The molecule has 0 spiro atoms. The van der Waals surface area contributed by atoms with Crippen molar-refractivity contribution in [3.05, 3.63) is 16.1 Å². The van der Waals surface area contributed by atoms with Crippen LogP contribution in [0, 0.1) is 5.92 Å². The van der Waals surface area contributed by atoms with Gasteiger partial charge in [-0.2, -0.15) is 0 Å². The number of nitrogens with zero attached hydrogens (tertiary/aromatic N) is 2. The molecule has 2 aliphatic rings. The van der Waals surface area contributed by atoms with E-state index in [1.54, 1.807) is 11.3 Å². The van der Waals surface area contributed by atoms with Crippen molar-refractivity contribution in [1.82, 2.24) is 15.2 Å². The highest BCUT2D eigenvalue weighted by Gasteiger charge is 2.30. The average Bonchev–Trinajstić information content (AvgIpc) is 3.26. The van der Waals surface area contributed by atoms with Gasteiger partial charge in [0.2, 0.25) is 0 Å². The van der Waals surface area contributed by atoms with Crippen LogP contribution in [0.5, 0.6) is 0 Å². The number of amides is 2. The van der Waals surface area contributed by atoms with Crippen molar-refractivity contribution < 1.29 is 9.53 Å². The van der Waals surface area contributed by atoms with Crippen LogP contribution in [0.3, 0.4) is 0 Å². The van der Waals surface area contributed by atoms with E-state index in [9.17, 15) is 4.79 Å². The van der Waals surface area contributed by atoms with Crippen LogP contribution in [0.15, 0.2) is 6.20 Å². The number of aromatic nitrogens is 1. The molecule has 2 fully saturated rings. The molecule has 0 aromatic carbocycles. The van der Waals surface area contributed by atoms with Gasteiger partial charge < -0.3 is 15.0 Å². The number of likely N-dealkylation sites (tertiary alicyclic amines) is 1. The summed E-state index contributed by atoms with van der Waals surface area (Å²) in [4.78, 5) is 19.9. The summed E-state index contributed by atoms with van der Waals surface area (Å²) in [6.07, 6.45) is 8.78. The Morgan fingerprint density at radius 2 is 2.26 bits per heavy atom. The van der Waals surface area contributed by atoms with Crippen LogP contribution in [-0.4, -0.2) is 48.3 Å². The molecule has 1 unspecified atom stereocenters. The zero-order valence-corrected chi connectivity index (χ0v) is 14.7. The number of carbonyl (C=O) groups excluding carboxylic acids is 1. The monoisotopic (exact) mass is 337 g/mol. The lowest BCUT2D eigenvalue weighted by Crippen LogP contribution is -2.46. The summed E-state index contributed by atoms with van der Waals surface area (Å²) in [6.45, 7) is 5.43. The minimum absolute atomic E-state index is 0.0723. The lowest BCUT2D eigenvalue weighted by Gasteiger charge is -2.34. The number of hydrogen-bond donors (Lipinski definition) is 1. The predicted octanol–water partition coefficient (Wildman–Crippen LogP) is 2.85. The molecule has 2 aliphatic heterocycles. The van der Waals surface area contributed by atoms with Crippen molar-refractivity contribution in [3.63, 3.8) is 0 Å². The second-order valence-corrected chi connectivity index (χ2v) is 7.63. The summed E-state index contributed by atoms with van der Waals surface area (Å²) in [7, 11) is 0. The van der Waals surface area contributed by atoms with E-state index in [0.29, 0.717) is 18.6 Å². The predicted molar refractivity (Wildman–Crippen MR) is 91.9 cm³/mol. The van der Waals surface area contributed by atoms with E-state index in [-0.39, 0.29) is 6.03 Å². The Hall–Kier alpha value is -1.14. The molecule has 128 valence electrons. The number of aryl methyl sites for hydroxylation is 1. The summed E-state index contributed by atoms with van der Waals surface area (Å²) >= 11 is 1.74.